The molecule has 0 aliphatic heterocycles. The molecule has 3 N–H and O–H groups in total. The van der Waals surface area contributed by atoms with Gasteiger partial charge < -0.3 is 10.2 Å². The summed E-state index contributed by atoms with van der Waals surface area (Å²) in [6.45, 7) is 0. The molecule has 20 heavy (non-hydrogen) atoms. The van der Waals surface area contributed by atoms with E-state index in [9.17, 15) is 13.6 Å². The van der Waals surface area contributed by atoms with Crippen molar-refractivity contribution in [2.24, 2.45) is 5.73 Å². The zero-order valence-electron chi connectivity index (χ0n) is 10.2. The van der Waals surface area contributed by atoms with Gasteiger partial charge in [0.25, 0.3) is 0 Å². The van der Waals surface area contributed by atoms with Gasteiger partial charge in [-0.3, -0.25) is 4.98 Å². The first-order valence-electron chi connectivity index (χ1n) is 5.88. The molecule has 0 saturated heterocycles. The van der Waals surface area contributed by atoms with Gasteiger partial charge in [-0.2, -0.15) is 0 Å². The number of halogens is 2. The molecule has 1 heterocycles. The number of nitrogens with two attached hydrogens (primary N) is 1. The third-order valence-electron chi connectivity index (χ3n) is 3.11. The number of oxazole rings is 1. The number of hydrogen-bond donors (Lipinski definition) is 2. The first-order valence-corrected chi connectivity index (χ1v) is 5.88. The second-order valence-corrected chi connectivity index (χ2v) is 4.38. The highest BCUT2D eigenvalue weighted by atomic mass is 19.1. The Kier molecular flexibility index (Phi) is 2.87. The molecule has 3 rings (SSSR count). The predicted octanol–water partition coefficient (Wildman–Crippen LogP) is 2.45. The number of benzene rings is 2. The largest absolute Gasteiger partial charge is 0.417 e. The van der Waals surface area contributed by atoms with E-state index in [0.29, 0.717) is 16.7 Å². The highest BCUT2D eigenvalue weighted by Crippen LogP contribution is 2.26. The van der Waals surface area contributed by atoms with Crippen LogP contribution in [0.5, 0.6) is 0 Å². The molecule has 1 unspecified atom stereocenters. The van der Waals surface area contributed by atoms with Gasteiger partial charge in [-0.15, -0.1) is 0 Å². The van der Waals surface area contributed by atoms with Crippen molar-refractivity contribution >= 4 is 11.1 Å². The molecule has 0 aliphatic carbocycles. The minimum atomic E-state index is -0.985. The fourth-order valence-electron chi connectivity index (χ4n) is 2.13. The van der Waals surface area contributed by atoms with E-state index in [1.165, 1.54) is 12.1 Å². The Morgan fingerprint density at radius 3 is 2.55 bits per heavy atom. The molecule has 6 heteroatoms. The van der Waals surface area contributed by atoms with E-state index in [0.717, 1.165) is 12.1 Å². The maximum atomic E-state index is 13.7. The Labute approximate surface area is 111 Å². The van der Waals surface area contributed by atoms with Crippen molar-refractivity contribution in [2.75, 3.05) is 0 Å². The maximum absolute atomic E-state index is 13.7. The Morgan fingerprint density at radius 2 is 1.85 bits per heavy atom. The third kappa shape index (κ3) is 2.00. The Bertz CT molecular complexity index is 818. The molecule has 0 radical (unpaired) electrons. The highest BCUT2D eigenvalue weighted by Gasteiger charge is 2.19. The summed E-state index contributed by atoms with van der Waals surface area (Å²) in [4.78, 5) is 13.6. The zero-order chi connectivity index (χ0) is 14.3. The number of aromatic amines is 1. The van der Waals surface area contributed by atoms with E-state index in [-0.39, 0.29) is 5.56 Å². The minimum absolute atomic E-state index is 0.218. The molecule has 4 nitrogen and oxygen atoms in total. The summed E-state index contributed by atoms with van der Waals surface area (Å²) in [6, 6.07) is 7.23. The second kappa shape index (κ2) is 4.57. The molecule has 0 bridgehead atoms. The molecule has 1 atom stereocenters. The lowest BCUT2D eigenvalue weighted by Crippen LogP contribution is -2.15. The predicted molar refractivity (Wildman–Crippen MR) is 69.2 cm³/mol. The van der Waals surface area contributed by atoms with Crippen LogP contribution in [0.15, 0.2) is 45.6 Å². The first-order chi connectivity index (χ1) is 9.56. The van der Waals surface area contributed by atoms with Crippen LogP contribution >= 0.6 is 0 Å². The van der Waals surface area contributed by atoms with E-state index < -0.39 is 23.4 Å². The summed E-state index contributed by atoms with van der Waals surface area (Å²) in [6.07, 6.45) is 0. The molecule has 2 aromatic carbocycles. The average molecular weight is 276 g/mol. The minimum Gasteiger partial charge on any atom is -0.408 e. The van der Waals surface area contributed by atoms with Crippen molar-refractivity contribution in [3.05, 3.63) is 69.7 Å². The van der Waals surface area contributed by atoms with Crippen LogP contribution in [0.4, 0.5) is 8.78 Å². The van der Waals surface area contributed by atoms with Gasteiger partial charge in [-0.1, -0.05) is 12.1 Å². The van der Waals surface area contributed by atoms with Gasteiger partial charge in [0.1, 0.15) is 11.6 Å². The molecule has 0 fully saturated rings. The standard InChI is InChI=1S/C14H10F2N2O2/c15-8-2-1-3-9(16)12(8)13(17)7-4-5-10-11(6-7)20-14(19)18-10/h1-6,13H,17H2,(H,18,19). The van der Waals surface area contributed by atoms with Crippen molar-refractivity contribution in [1.82, 2.24) is 4.98 Å². The maximum Gasteiger partial charge on any atom is 0.417 e. The summed E-state index contributed by atoms with van der Waals surface area (Å²) in [5, 5.41) is 0. The van der Waals surface area contributed by atoms with E-state index in [1.54, 1.807) is 12.1 Å². The molecule has 0 amide bonds. The van der Waals surface area contributed by atoms with E-state index in [4.69, 9.17) is 10.2 Å². The highest BCUT2D eigenvalue weighted by molar-refractivity contribution is 5.73. The fourth-order valence-corrected chi connectivity index (χ4v) is 2.13. The molecule has 0 spiro atoms. The number of fused-ring (bicyclic) bond motifs is 1. The topological polar surface area (TPSA) is 72.0 Å². The summed E-state index contributed by atoms with van der Waals surface area (Å²) in [5.74, 6) is -2.02. The van der Waals surface area contributed by atoms with Crippen LogP contribution in [0, 0.1) is 11.6 Å². The summed E-state index contributed by atoms with van der Waals surface area (Å²) in [5.41, 5.74) is 6.93. The number of hydrogen-bond acceptors (Lipinski definition) is 3. The normalized spacial score (nSPS) is 12.8. The van der Waals surface area contributed by atoms with Gasteiger partial charge in [0.15, 0.2) is 5.58 Å². The van der Waals surface area contributed by atoms with Gasteiger partial charge in [-0.25, -0.2) is 13.6 Å². The van der Waals surface area contributed by atoms with Gasteiger partial charge in [-0.05, 0) is 29.8 Å². The number of nitrogens with one attached hydrogen (secondary N) is 1. The van der Waals surface area contributed by atoms with E-state index in [2.05, 4.69) is 4.98 Å². The Balaban J connectivity index is 2.12. The Morgan fingerprint density at radius 1 is 1.15 bits per heavy atom. The SMILES string of the molecule is NC(c1ccc2[nH]c(=O)oc2c1)c1c(F)cccc1F. The number of aromatic nitrogens is 1. The summed E-state index contributed by atoms with van der Waals surface area (Å²) in [7, 11) is 0. The van der Waals surface area contributed by atoms with Crippen LogP contribution in [-0.4, -0.2) is 4.98 Å². The van der Waals surface area contributed by atoms with Gasteiger partial charge in [0, 0.05) is 5.56 Å². The van der Waals surface area contributed by atoms with Crippen molar-refractivity contribution in [1.29, 1.82) is 0 Å². The second-order valence-electron chi connectivity index (χ2n) is 4.38. The van der Waals surface area contributed by atoms with Crippen LogP contribution < -0.4 is 11.5 Å². The lowest BCUT2D eigenvalue weighted by atomic mass is 9.98. The molecular formula is C14H10F2N2O2. The van der Waals surface area contributed by atoms with Crippen LogP contribution in [0.3, 0.4) is 0 Å². The number of H-pyrrole nitrogens is 1. The molecular weight excluding hydrogens is 266 g/mol. The molecule has 0 saturated carbocycles. The third-order valence-corrected chi connectivity index (χ3v) is 3.11. The van der Waals surface area contributed by atoms with Crippen LogP contribution in [-0.2, 0) is 0 Å². The van der Waals surface area contributed by atoms with Crippen LogP contribution in [0.25, 0.3) is 11.1 Å². The lowest BCUT2D eigenvalue weighted by Gasteiger charge is -2.14. The monoisotopic (exact) mass is 276 g/mol. The summed E-state index contributed by atoms with van der Waals surface area (Å²) >= 11 is 0. The lowest BCUT2D eigenvalue weighted by molar-refractivity contribution is 0.541. The molecule has 102 valence electrons. The summed E-state index contributed by atoms with van der Waals surface area (Å²) < 4.78 is 32.3. The average Bonchev–Trinajstić information content (AvgIpc) is 2.77. The number of rotatable bonds is 2. The Hall–Kier alpha value is -2.47. The van der Waals surface area contributed by atoms with Gasteiger partial charge >= 0.3 is 5.76 Å². The van der Waals surface area contributed by atoms with Crippen molar-refractivity contribution in [3.63, 3.8) is 0 Å². The molecule has 0 aliphatic rings. The zero-order valence-corrected chi connectivity index (χ0v) is 10.2. The smallest absolute Gasteiger partial charge is 0.408 e. The van der Waals surface area contributed by atoms with E-state index >= 15 is 0 Å². The quantitative estimate of drug-likeness (QED) is 0.755. The van der Waals surface area contributed by atoms with Gasteiger partial charge in [0.2, 0.25) is 0 Å². The fraction of sp³-hybridized carbons (Fsp3) is 0.0714. The van der Waals surface area contributed by atoms with Crippen molar-refractivity contribution in [3.8, 4) is 0 Å². The van der Waals surface area contributed by atoms with Crippen LogP contribution in [0.2, 0.25) is 0 Å². The van der Waals surface area contributed by atoms with Gasteiger partial charge in [0.05, 0.1) is 11.6 Å². The van der Waals surface area contributed by atoms with Crippen LogP contribution in [0.1, 0.15) is 17.2 Å². The van der Waals surface area contributed by atoms with Crippen molar-refractivity contribution < 1.29 is 13.2 Å². The molecule has 3 aromatic rings. The van der Waals surface area contributed by atoms with Crippen molar-refractivity contribution in [2.45, 2.75) is 6.04 Å². The van der Waals surface area contributed by atoms with E-state index in [1.807, 2.05) is 0 Å². The molecule has 1 aromatic heterocycles. The first kappa shape index (κ1) is 12.6.